The van der Waals surface area contributed by atoms with Crippen LogP contribution in [0.15, 0.2) is 72.8 Å². The number of hydrogen-bond donors (Lipinski definition) is 0. The molecule has 0 saturated carbocycles. The number of fused-ring (bicyclic) bond motifs is 2. The van der Waals surface area contributed by atoms with Gasteiger partial charge < -0.3 is 19.1 Å². The zero-order valence-electron chi connectivity index (χ0n) is 20.3. The number of benzene rings is 3. The Morgan fingerprint density at radius 3 is 2.75 bits per heavy atom. The standard InChI is InChI=1S/C30H28N2O4/c1-20-6-2-4-8-25(20)22-16-23-18-32(30(33)27-11-10-21-7-3-5-9-26(21)31-27)13-15-35-29(23)28(17-22)36-24-12-14-34-19-24/h2-11,16-17,24H,12-15,18-19H2,1H3/t24-/m1/s1. The van der Waals surface area contributed by atoms with E-state index in [2.05, 4.69) is 36.2 Å². The molecule has 0 unspecified atom stereocenters. The van der Waals surface area contributed by atoms with E-state index in [1.807, 2.05) is 47.4 Å². The Balaban J connectivity index is 1.37. The van der Waals surface area contributed by atoms with Crippen LogP contribution in [0.25, 0.3) is 22.0 Å². The van der Waals surface area contributed by atoms with E-state index in [4.69, 9.17) is 14.2 Å². The van der Waals surface area contributed by atoms with Crippen molar-refractivity contribution >= 4 is 16.8 Å². The molecule has 3 heterocycles. The maximum absolute atomic E-state index is 13.5. The Morgan fingerprint density at radius 2 is 1.89 bits per heavy atom. The van der Waals surface area contributed by atoms with Crippen molar-refractivity contribution < 1.29 is 19.0 Å². The molecule has 36 heavy (non-hydrogen) atoms. The maximum Gasteiger partial charge on any atom is 0.272 e. The number of ether oxygens (including phenoxy) is 3. The minimum absolute atomic E-state index is 0.00684. The summed E-state index contributed by atoms with van der Waals surface area (Å²) in [6, 6.07) is 24.0. The smallest absolute Gasteiger partial charge is 0.272 e. The van der Waals surface area contributed by atoms with E-state index in [1.165, 1.54) is 5.56 Å². The molecule has 2 aliphatic rings. The number of para-hydroxylation sites is 1. The lowest BCUT2D eigenvalue weighted by Gasteiger charge is -2.21. The fraction of sp³-hybridized carbons (Fsp3) is 0.267. The minimum atomic E-state index is -0.106. The first kappa shape index (κ1) is 22.6. The zero-order valence-corrected chi connectivity index (χ0v) is 20.3. The molecule has 6 rings (SSSR count). The molecule has 1 saturated heterocycles. The Kier molecular flexibility index (Phi) is 6.03. The number of carbonyl (C=O) groups is 1. The Bertz CT molecular complexity index is 1430. The van der Waals surface area contributed by atoms with Crippen molar-refractivity contribution in [1.82, 2.24) is 9.88 Å². The predicted octanol–water partition coefficient (Wildman–Crippen LogP) is 5.41. The van der Waals surface area contributed by atoms with Gasteiger partial charge in [-0.2, -0.15) is 0 Å². The second-order valence-electron chi connectivity index (χ2n) is 9.35. The first-order valence-corrected chi connectivity index (χ1v) is 12.4. The van der Waals surface area contributed by atoms with Crippen molar-refractivity contribution in [2.75, 3.05) is 26.4 Å². The molecule has 1 amide bonds. The quantitative estimate of drug-likeness (QED) is 0.391. The molecule has 2 aliphatic heterocycles. The van der Waals surface area contributed by atoms with Crippen LogP contribution in [0, 0.1) is 6.92 Å². The summed E-state index contributed by atoms with van der Waals surface area (Å²) in [5.74, 6) is 1.31. The molecule has 0 aliphatic carbocycles. The van der Waals surface area contributed by atoms with Crippen LogP contribution >= 0.6 is 0 Å². The van der Waals surface area contributed by atoms with Crippen molar-refractivity contribution in [3.05, 3.63) is 89.6 Å². The summed E-state index contributed by atoms with van der Waals surface area (Å²) in [7, 11) is 0. The van der Waals surface area contributed by atoms with E-state index in [0.29, 0.717) is 50.1 Å². The Hall–Kier alpha value is -3.90. The van der Waals surface area contributed by atoms with Crippen molar-refractivity contribution in [2.24, 2.45) is 0 Å². The lowest BCUT2D eigenvalue weighted by Crippen LogP contribution is -2.33. The monoisotopic (exact) mass is 480 g/mol. The predicted molar refractivity (Wildman–Crippen MR) is 138 cm³/mol. The zero-order chi connectivity index (χ0) is 24.5. The van der Waals surface area contributed by atoms with Gasteiger partial charge in [-0.1, -0.05) is 48.5 Å². The van der Waals surface area contributed by atoms with Crippen LogP contribution in [-0.4, -0.2) is 48.3 Å². The summed E-state index contributed by atoms with van der Waals surface area (Å²) in [5.41, 5.74) is 5.53. The maximum atomic E-state index is 13.5. The fourth-order valence-electron chi connectivity index (χ4n) is 4.93. The van der Waals surface area contributed by atoms with Gasteiger partial charge in [0, 0.05) is 23.9 Å². The molecule has 1 fully saturated rings. The number of amides is 1. The van der Waals surface area contributed by atoms with Crippen LogP contribution in [0.5, 0.6) is 11.5 Å². The third kappa shape index (κ3) is 4.40. The lowest BCUT2D eigenvalue weighted by atomic mass is 9.97. The van der Waals surface area contributed by atoms with Crippen LogP contribution in [-0.2, 0) is 11.3 Å². The van der Waals surface area contributed by atoms with Crippen LogP contribution < -0.4 is 9.47 Å². The van der Waals surface area contributed by atoms with E-state index in [0.717, 1.165) is 34.0 Å². The van der Waals surface area contributed by atoms with Crippen molar-refractivity contribution in [2.45, 2.75) is 26.0 Å². The normalized spacial score (nSPS) is 17.4. The number of aromatic nitrogens is 1. The number of carbonyl (C=O) groups excluding carboxylic acids is 1. The summed E-state index contributed by atoms with van der Waals surface area (Å²) in [4.78, 5) is 20.0. The van der Waals surface area contributed by atoms with Crippen LogP contribution in [0.2, 0.25) is 0 Å². The molecule has 4 aromatic rings. The van der Waals surface area contributed by atoms with Gasteiger partial charge >= 0.3 is 0 Å². The largest absolute Gasteiger partial charge is 0.487 e. The molecule has 6 heteroatoms. The summed E-state index contributed by atoms with van der Waals surface area (Å²) in [5, 5.41) is 1.01. The lowest BCUT2D eigenvalue weighted by molar-refractivity contribution is 0.0727. The number of nitrogens with zero attached hydrogens (tertiary/aromatic N) is 2. The molecule has 0 spiro atoms. The molecule has 6 nitrogen and oxygen atoms in total. The number of aryl methyl sites for hydroxylation is 1. The van der Waals surface area contributed by atoms with Gasteiger partial charge in [-0.05, 0) is 47.9 Å². The third-order valence-electron chi connectivity index (χ3n) is 6.84. The van der Waals surface area contributed by atoms with Crippen LogP contribution in [0.1, 0.15) is 28.0 Å². The van der Waals surface area contributed by atoms with E-state index in [1.54, 1.807) is 6.07 Å². The second kappa shape index (κ2) is 9.63. The highest BCUT2D eigenvalue weighted by molar-refractivity contribution is 5.95. The van der Waals surface area contributed by atoms with Gasteiger partial charge in [0.2, 0.25) is 0 Å². The molecule has 0 radical (unpaired) electrons. The Labute approximate surface area is 210 Å². The molecule has 1 atom stereocenters. The highest BCUT2D eigenvalue weighted by Crippen LogP contribution is 2.40. The van der Waals surface area contributed by atoms with Gasteiger partial charge in [-0.15, -0.1) is 0 Å². The number of rotatable bonds is 4. The molecular weight excluding hydrogens is 452 g/mol. The summed E-state index contributed by atoms with van der Waals surface area (Å²) in [6.07, 6.45) is 0.842. The first-order valence-electron chi connectivity index (χ1n) is 12.4. The summed E-state index contributed by atoms with van der Waals surface area (Å²) in [6.45, 7) is 4.64. The first-order chi connectivity index (χ1) is 17.7. The van der Waals surface area contributed by atoms with Crippen molar-refractivity contribution in [1.29, 1.82) is 0 Å². The van der Waals surface area contributed by atoms with Crippen molar-refractivity contribution in [3.8, 4) is 22.6 Å². The third-order valence-corrected chi connectivity index (χ3v) is 6.84. The van der Waals surface area contributed by atoms with Crippen LogP contribution in [0.4, 0.5) is 0 Å². The van der Waals surface area contributed by atoms with E-state index in [9.17, 15) is 4.79 Å². The highest BCUT2D eigenvalue weighted by Gasteiger charge is 2.27. The Morgan fingerprint density at radius 1 is 1.03 bits per heavy atom. The fourth-order valence-corrected chi connectivity index (χ4v) is 4.93. The van der Waals surface area contributed by atoms with Crippen LogP contribution in [0.3, 0.4) is 0 Å². The molecule has 1 aromatic heterocycles. The van der Waals surface area contributed by atoms with E-state index in [-0.39, 0.29) is 12.0 Å². The molecule has 0 N–H and O–H groups in total. The average Bonchev–Trinajstić information content (AvgIpc) is 3.32. The van der Waals surface area contributed by atoms with Gasteiger partial charge in [-0.3, -0.25) is 4.79 Å². The van der Waals surface area contributed by atoms with Gasteiger partial charge in [0.25, 0.3) is 5.91 Å². The summed E-state index contributed by atoms with van der Waals surface area (Å²) >= 11 is 0. The SMILES string of the molecule is Cc1ccccc1-c1cc2c(c(O[C@@H]3CCOC3)c1)OCCN(C(=O)c1ccc3ccccc3n1)C2. The van der Waals surface area contributed by atoms with Gasteiger partial charge in [0.15, 0.2) is 11.5 Å². The van der Waals surface area contributed by atoms with Crippen molar-refractivity contribution in [3.63, 3.8) is 0 Å². The van der Waals surface area contributed by atoms with Gasteiger partial charge in [0.05, 0.1) is 25.3 Å². The molecule has 3 aromatic carbocycles. The highest BCUT2D eigenvalue weighted by atomic mass is 16.6. The van der Waals surface area contributed by atoms with Gasteiger partial charge in [-0.25, -0.2) is 4.98 Å². The summed E-state index contributed by atoms with van der Waals surface area (Å²) < 4.78 is 18.1. The number of pyridine rings is 1. The average molecular weight is 481 g/mol. The molecular formula is C30H28N2O4. The van der Waals surface area contributed by atoms with Gasteiger partial charge in [0.1, 0.15) is 18.4 Å². The number of hydrogen-bond acceptors (Lipinski definition) is 5. The second-order valence-corrected chi connectivity index (χ2v) is 9.35. The molecule has 0 bridgehead atoms. The molecule has 182 valence electrons. The van der Waals surface area contributed by atoms with E-state index >= 15 is 0 Å². The topological polar surface area (TPSA) is 60.9 Å². The van der Waals surface area contributed by atoms with E-state index < -0.39 is 0 Å². The minimum Gasteiger partial charge on any atom is -0.487 e.